The number of amides is 1. The number of aliphatic carboxylic acids is 1. The van der Waals surface area contributed by atoms with Crippen LogP contribution in [0.2, 0.25) is 0 Å². The number of hydrogen-bond acceptors (Lipinski definition) is 3. The molecule has 2 N–H and O–H groups in total. The third-order valence-electron chi connectivity index (χ3n) is 2.77. The molecule has 2 rings (SSSR count). The molecule has 1 aromatic carbocycles. The van der Waals surface area contributed by atoms with Crippen LogP contribution >= 0.6 is 11.3 Å². The van der Waals surface area contributed by atoms with Crippen molar-refractivity contribution in [1.29, 1.82) is 0 Å². The molecule has 1 heterocycles. The van der Waals surface area contributed by atoms with Crippen LogP contribution in [0.5, 0.6) is 0 Å². The van der Waals surface area contributed by atoms with Crippen molar-refractivity contribution in [2.75, 3.05) is 0 Å². The van der Waals surface area contributed by atoms with E-state index >= 15 is 0 Å². The van der Waals surface area contributed by atoms with E-state index in [9.17, 15) is 18.4 Å². The van der Waals surface area contributed by atoms with Gasteiger partial charge in [0.05, 0.1) is 18.0 Å². The van der Waals surface area contributed by atoms with Crippen LogP contribution in [-0.4, -0.2) is 17.0 Å². The molecular weight excluding hydrogens is 300 g/mol. The molecule has 0 aliphatic rings. The van der Waals surface area contributed by atoms with E-state index in [4.69, 9.17) is 5.11 Å². The molecule has 0 fully saturated rings. The summed E-state index contributed by atoms with van der Waals surface area (Å²) in [5.74, 6) is -4.34. The molecule has 0 aliphatic carbocycles. The highest BCUT2D eigenvalue weighted by Gasteiger charge is 2.22. The highest BCUT2D eigenvalue weighted by molar-refractivity contribution is 7.10. The van der Waals surface area contributed by atoms with Crippen molar-refractivity contribution in [2.45, 2.75) is 12.5 Å². The molecule has 0 saturated carbocycles. The highest BCUT2D eigenvalue weighted by Crippen LogP contribution is 2.23. The maximum absolute atomic E-state index is 13.6. The Morgan fingerprint density at radius 3 is 2.62 bits per heavy atom. The Bertz CT molecular complexity index is 658. The summed E-state index contributed by atoms with van der Waals surface area (Å²) in [5.41, 5.74) is -0.457. The summed E-state index contributed by atoms with van der Waals surface area (Å²) in [6, 6.07) is 5.84. The molecule has 0 saturated heterocycles. The first-order chi connectivity index (χ1) is 9.99. The van der Waals surface area contributed by atoms with Crippen molar-refractivity contribution in [3.8, 4) is 0 Å². The molecule has 1 amide bonds. The average Bonchev–Trinajstić information content (AvgIpc) is 2.94. The van der Waals surface area contributed by atoms with E-state index in [-0.39, 0.29) is 6.42 Å². The SMILES string of the molecule is O=C(O)CC(NC(=O)c1cccc(F)c1F)c1cccs1. The average molecular weight is 311 g/mol. The third kappa shape index (κ3) is 3.63. The highest BCUT2D eigenvalue weighted by atomic mass is 32.1. The predicted octanol–water partition coefficient (Wildman–Crippen LogP) is 2.97. The van der Waals surface area contributed by atoms with Gasteiger partial charge < -0.3 is 10.4 Å². The molecule has 4 nitrogen and oxygen atoms in total. The fourth-order valence-electron chi connectivity index (χ4n) is 1.80. The van der Waals surface area contributed by atoms with Crippen LogP contribution in [0.1, 0.15) is 27.7 Å². The number of halogens is 2. The number of carboxylic acids is 1. The minimum absolute atomic E-state index is 0.344. The van der Waals surface area contributed by atoms with Crippen molar-refractivity contribution in [2.24, 2.45) is 0 Å². The number of thiophene rings is 1. The van der Waals surface area contributed by atoms with E-state index in [0.717, 1.165) is 12.1 Å². The normalized spacial score (nSPS) is 11.9. The molecule has 0 bridgehead atoms. The van der Waals surface area contributed by atoms with Crippen molar-refractivity contribution in [3.05, 3.63) is 57.8 Å². The van der Waals surface area contributed by atoms with Crippen LogP contribution in [0.15, 0.2) is 35.7 Å². The van der Waals surface area contributed by atoms with E-state index in [1.165, 1.54) is 17.4 Å². The Labute approximate surface area is 123 Å². The topological polar surface area (TPSA) is 66.4 Å². The Hall–Kier alpha value is -2.28. The number of carboxylic acid groups (broad SMARTS) is 1. The van der Waals surface area contributed by atoms with Gasteiger partial charge in [-0.05, 0) is 23.6 Å². The molecule has 0 aliphatic heterocycles. The van der Waals surface area contributed by atoms with Crippen LogP contribution in [0.25, 0.3) is 0 Å². The fourth-order valence-corrected chi connectivity index (χ4v) is 2.58. The molecule has 1 unspecified atom stereocenters. The van der Waals surface area contributed by atoms with E-state index in [2.05, 4.69) is 5.32 Å². The van der Waals surface area contributed by atoms with Gasteiger partial charge >= 0.3 is 5.97 Å². The van der Waals surface area contributed by atoms with E-state index in [0.29, 0.717) is 4.88 Å². The van der Waals surface area contributed by atoms with Crippen LogP contribution in [-0.2, 0) is 4.79 Å². The van der Waals surface area contributed by atoms with Crippen molar-refractivity contribution < 1.29 is 23.5 Å². The van der Waals surface area contributed by atoms with E-state index < -0.39 is 35.1 Å². The van der Waals surface area contributed by atoms with Crippen LogP contribution in [0.3, 0.4) is 0 Å². The Morgan fingerprint density at radius 2 is 2.00 bits per heavy atom. The van der Waals surface area contributed by atoms with Crippen LogP contribution in [0.4, 0.5) is 8.78 Å². The maximum Gasteiger partial charge on any atom is 0.305 e. The first-order valence-corrected chi connectivity index (χ1v) is 6.87. The number of hydrogen-bond donors (Lipinski definition) is 2. The van der Waals surface area contributed by atoms with Gasteiger partial charge in [0.1, 0.15) is 0 Å². The standard InChI is InChI=1S/C14H11F2NO3S/c15-9-4-1-3-8(13(9)16)14(20)17-10(7-12(18)19)11-5-2-6-21-11/h1-6,10H,7H2,(H,17,20)(H,18,19). The summed E-state index contributed by atoms with van der Waals surface area (Å²) in [7, 11) is 0. The number of carbonyl (C=O) groups is 2. The lowest BCUT2D eigenvalue weighted by atomic mass is 10.1. The minimum Gasteiger partial charge on any atom is -0.481 e. The smallest absolute Gasteiger partial charge is 0.305 e. The van der Waals surface area contributed by atoms with Crippen LogP contribution < -0.4 is 5.32 Å². The van der Waals surface area contributed by atoms with Gasteiger partial charge in [0.2, 0.25) is 0 Å². The molecule has 0 spiro atoms. The molecule has 2 aromatic rings. The molecule has 110 valence electrons. The summed E-state index contributed by atoms with van der Waals surface area (Å²) < 4.78 is 26.7. The Morgan fingerprint density at radius 1 is 1.24 bits per heavy atom. The van der Waals surface area contributed by atoms with Gasteiger partial charge in [0, 0.05) is 4.88 Å². The lowest BCUT2D eigenvalue weighted by molar-refractivity contribution is -0.137. The predicted molar refractivity (Wildman–Crippen MR) is 73.1 cm³/mol. The maximum atomic E-state index is 13.6. The first kappa shape index (κ1) is 15.1. The van der Waals surface area contributed by atoms with Gasteiger partial charge in [-0.15, -0.1) is 11.3 Å². The Kier molecular flexibility index (Phi) is 4.64. The molecule has 21 heavy (non-hydrogen) atoms. The molecule has 7 heteroatoms. The summed E-state index contributed by atoms with van der Waals surface area (Å²) >= 11 is 1.27. The molecule has 1 atom stereocenters. The first-order valence-electron chi connectivity index (χ1n) is 5.99. The quantitative estimate of drug-likeness (QED) is 0.892. The van der Waals surface area contributed by atoms with Gasteiger partial charge in [-0.2, -0.15) is 0 Å². The second kappa shape index (κ2) is 6.45. The largest absolute Gasteiger partial charge is 0.481 e. The molecule has 0 radical (unpaired) electrons. The van der Waals surface area contributed by atoms with Crippen LogP contribution in [0, 0.1) is 11.6 Å². The van der Waals surface area contributed by atoms with Gasteiger partial charge in [-0.3, -0.25) is 9.59 Å². The van der Waals surface area contributed by atoms with Gasteiger partial charge in [0.25, 0.3) is 5.91 Å². The molecule has 1 aromatic heterocycles. The number of nitrogens with one attached hydrogen (secondary N) is 1. The lowest BCUT2D eigenvalue weighted by Gasteiger charge is -2.15. The Balaban J connectivity index is 2.22. The number of benzene rings is 1. The summed E-state index contributed by atoms with van der Waals surface area (Å²) in [4.78, 5) is 23.5. The minimum atomic E-state index is -1.25. The summed E-state index contributed by atoms with van der Waals surface area (Å²) in [6.45, 7) is 0. The number of carbonyl (C=O) groups excluding carboxylic acids is 1. The summed E-state index contributed by atoms with van der Waals surface area (Å²) in [5, 5.41) is 13.0. The second-order valence-corrected chi connectivity index (χ2v) is 5.22. The molecular formula is C14H11F2NO3S. The van der Waals surface area contributed by atoms with Crippen molar-refractivity contribution in [1.82, 2.24) is 5.32 Å². The zero-order valence-electron chi connectivity index (χ0n) is 10.7. The number of rotatable bonds is 5. The van der Waals surface area contributed by atoms with Crippen molar-refractivity contribution in [3.63, 3.8) is 0 Å². The van der Waals surface area contributed by atoms with E-state index in [1.54, 1.807) is 17.5 Å². The third-order valence-corrected chi connectivity index (χ3v) is 3.75. The van der Waals surface area contributed by atoms with Gasteiger partial charge in [-0.1, -0.05) is 12.1 Å². The van der Waals surface area contributed by atoms with E-state index in [1.807, 2.05) is 0 Å². The van der Waals surface area contributed by atoms with Gasteiger partial charge in [-0.25, -0.2) is 8.78 Å². The zero-order chi connectivity index (χ0) is 15.4. The zero-order valence-corrected chi connectivity index (χ0v) is 11.5. The van der Waals surface area contributed by atoms with Crippen molar-refractivity contribution >= 4 is 23.2 Å². The lowest BCUT2D eigenvalue weighted by Crippen LogP contribution is -2.30. The fraction of sp³-hybridized carbons (Fsp3) is 0.143. The summed E-state index contributed by atoms with van der Waals surface area (Å²) in [6.07, 6.45) is -0.344. The second-order valence-electron chi connectivity index (χ2n) is 4.24. The van der Waals surface area contributed by atoms with Gasteiger partial charge in [0.15, 0.2) is 11.6 Å². The monoisotopic (exact) mass is 311 g/mol.